The first kappa shape index (κ1) is 28.0. The fourth-order valence-electron chi connectivity index (χ4n) is 3.10. The Labute approximate surface area is 226 Å². The highest BCUT2D eigenvalue weighted by atomic mass is 35.5. The van der Waals surface area contributed by atoms with Crippen LogP contribution in [0.3, 0.4) is 0 Å². The number of nitrogens with one attached hydrogen (secondary N) is 1. The average Bonchev–Trinajstić information content (AvgIpc) is 2.89. The van der Waals surface area contributed by atoms with Crippen LogP contribution >= 0.6 is 23.2 Å². The molecule has 0 bridgehead atoms. The summed E-state index contributed by atoms with van der Waals surface area (Å²) < 4.78 is 16.7. The second kappa shape index (κ2) is 14.3. The number of benzene rings is 3. The highest BCUT2D eigenvalue weighted by molar-refractivity contribution is 6.35. The molecule has 37 heavy (non-hydrogen) atoms. The molecular formula is C28H28Cl2N2O5. The number of rotatable bonds is 12. The summed E-state index contributed by atoms with van der Waals surface area (Å²) in [5.74, 6) is 0.566. The van der Waals surface area contributed by atoms with Crippen LogP contribution in [0.1, 0.15) is 49.0 Å². The first-order chi connectivity index (χ1) is 17.9. The summed E-state index contributed by atoms with van der Waals surface area (Å²) in [5, 5.41) is 4.77. The lowest BCUT2D eigenvalue weighted by Crippen LogP contribution is -2.35. The maximum atomic E-state index is 12.5. The van der Waals surface area contributed by atoms with Crippen molar-refractivity contribution in [3.05, 3.63) is 87.9 Å². The SMILES string of the molecule is CCCCOc1ccc(C(=O)Oc2ccc(/C=N/NC(=O)C(CC)Oc3ccc(Cl)cc3Cl)cc2)cc1. The van der Waals surface area contributed by atoms with Crippen molar-refractivity contribution < 1.29 is 23.8 Å². The summed E-state index contributed by atoms with van der Waals surface area (Å²) in [4.78, 5) is 24.9. The minimum absolute atomic E-state index is 0.316. The molecule has 0 aliphatic heterocycles. The maximum absolute atomic E-state index is 12.5. The predicted octanol–water partition coefficient (Wildman–Crippen LogP) is 6.70. The van der Waals surface area contributed by atoms with Crippen LogP contribution in [0.4, 0.5) is 0 Å². The number of amides is 1. The Morgan fingerprint density at radius 2 is 1.68 bits per heavy atom. The van der Waals surface area contributed by atoms with Crippen LogP contribution in [0.2, 0.25) is 10.0 Å². The molecule has 1 unspecified atom stereocenters. The predicted molar refractivity (Wildman–Crippen MR) is 145 cm³/mol. The van der Waals surface area contributed by atoms with Crippen molar-refractivity contribution in [1.82, 2.24) is 5.43 Å². The van der Waals surface area contributed by atoms with E-state index in [1.807, 2.05) is 6.92 Å². The normalized spacial score (nSPS) is 11.7. The van der Waals surface area contributed by atoms with Crippen molar-refractivity contribution in [3.63, 3.8) is 0 Å². The number of hydrazone groups is 1. The molecule has 0 aliphatic rings. The third-order valence-corrected chi connectivity index (χ3v) is 5.69. The highest BCUT2D eigenvalue weighted by Gasteiger charge is 2.19. The minimum Gasteiger partial charge on any atom is -0.494 e. The quantitative estimate of drug-likeness (QED) is 0.0904. The molecule has 0 aliphatic carbocycles. The van der Waals surface area contributed by atoms with Gasteiger partial charge in [0.05, 0.1) is 23.4 Å². The van der Waals surface area contributed by atoms with E-state index in [0.717, 1.165) is 12.8 Å². The number of halogens is 2. The number of unbranched alkanes of at least 4 members (excludes halogenated alkanes) is 1. The van der Waals surface area contributed by atoms with E-state index in [0.29, 0.717) is 51.4 Å². The Balaban J connectivity index is 1.50. The molecular weight excluding hydrogens is 515 g/mol. The van der Waals surface area contributed by atoms with Crippen LogP contribution in [-0.4, -0.2) is 30.8 Å². The van der Waals surface area contributed by atoms with Gasteiger partial charge in [-0.05, 0) is 85.1 Å². The van der Waals surface area contributed by atoms with Gasteiger partial charge in [-0.15, -0.1) is 0 Å². The molecule has 0 spiro atoms. The van der Waals surface area contributed by atoms with E-state index in [4.69, 9.17) is 37.4 Å². The number of ether oxygens (including phenoxy) is 3. The molecule has 0 heterocycles. The Bertz CT molecular complexity index is 1210. The number of hydrogen-bond acceptors (Lipinski definition) is 6. The average molecular weight is 543 g/mol. The lowest BCUT2D eigenvalue weighted by molar-refractivity contribution is -0.128. The van der Waals surface area contributed by atoms with Gasteiger partial charge in [0, 0.05) is 5.02 Å². The molecule has 0 saturated heterocycles. The molecule has 3 aromatic carbocycles. The third-order valence-electron chi connectivity index (χ3n) is 5.16. The van der Waals surface area contributed by atoms with Gasteiger partial charge in [0.25, 0.3) is 5.91 Å². The van der Waals surface area contributed by atoms with E-state index < -0.39 is 18.0 Å². The molecule has 1 atom stereocenters. The maximum Gasteiger partial charge on any atom is 0.343 e. The largest absolute Gasteiger partial charge is 0.494 e. The van der Waals surface area contributed by atoms with Gasteiger partial charge in [-0.2, -0.15) is 5.10 Å². The zero-order chi connectivity index (χ0) is 26.6. The van der Waals surface area contributed by atoms with Crippen LogP contribution in [0.15, 0.2) is 71.8 Å². The summed E-state index contributed by atoms with van der Waals surface area (Å²) in [6.07, 6.45) is 3.13. The topological polar surface area (TPSA) is 86.2 Å². The Hall–Kier alpha value is -3.55. The van der Waals surface area contributed by atoms with Gasteiger partial charge >= 0.3 is 5.97 Å². The van der Waals surface area contributed by atoms with E-state index in [9.17, 15) is 9.59 Å². The standard InChI is InChI=1S/C28H28Cl2N2O5/c1-3-5-16-35-22-13-8-20(9-14-22)28(34)36-23-11-6-19(7-12-23)18-31-32-27(33)25(4-2)37-26-15-10-21(29)17-24(26)30/h6-15,17-18,25H,3-5,16H2,1-2H3,(H,32,33)/b31-18+. The molecule has 0 fully saturated rings. The minimum atomic E-state index is -0.783. The van der Waals surface area contributed by atoms with E-state index >= 15 is 0 Å². The second-order valence-corrected chi connectivity index (χ2v) is 8.85. The summed E-state index contributed by atoms with van der Waals surface area (Å²) in [5.41, 5.74) is 3.58. The van der Waals surface area contributed by atoms with Gasteiger partial charge in [-0.1, -0.05) is 43.5 Å². The molecule has 0 aromatic heterocycles. The van der Waals surface area contributed by atoms with Crippen LogP contribution in [0.25, 0.3) is 0 Å². The number of nitrogens with zero attached hydrogens (tertiary/aromatic N) is 1. The fraction of sp³-hybridized carbons (Fsp3) is 0.250. The van der Waals surface area contributed by atoms with E-state index in [1.54, 1.807) is 66.7 Å². The molecule has 7 nitrogen and oxygen atoms in total. The van der Waals surface area contributed by atoms with Gasteiger partial charge < -0.3 is 14.2 Å². The Kier molecular flexibility index (Phi) is 10.8. The van der Waals surface area contributed by atoms with Gasteiger partial charge in [0.15, 0.2) is 6.10 Å². The van der Waals surface area contributed by atoms with E-state index in [2.05, 4.69) is 17.5 Å². The van der Waals surface area contributed by atoms with Crippen LogP contribution < -0.4 is 19.6 Å². The molecule has 0 saturated carbocycles. The van der Waals surface area contributed by atoms with Crippen molar-refractivity contribution >= 4 is 41.3 Å². The summed E-state index contributed by atoms with van der Waals surface area (Å²) >= 11 is 12.0. The highest BCUT2D eigenvalue weighted by Crippen LogP contribution is 2.28. The Morgan fingerprint density at radius 1 is 0.973 bits per heavy atom. The molecule has 1 N–H and O–H groups in total. The smallest absolute Gasteiger partial charge is 0.343 e. The van der Waals surface area contributed by atoms with Crippen molar-refractivity contribution in [1.29, 1.82) is 0 Å². The van der Waals surface area contributed by atoms with Gasteiger partial charge in [-0.25, -0.2) is 10.2 Å². The fourth-order valence-corrected chi connectivity index (χ4v) is 3.55. The molecule has 9 heteroatoms. The molecule has 0 radical (unpaired) electrons. The lowest BCUT2D eigenvalue weighted by Gasteiger charge is -2.16. The van der Waals surface area contributed by atoms with Gasteiger partial charge in [0.1, 0.15) is 17.2 Å². The van der Waals surface area contributed by atoms with Crippen LogP contribution in [0.5, 0.6) is 17.2 Å². The number of esters is 1. The van der Waals surface area contributed by atoms with Gasteiger partial charge in [-0.3, -0.25) is 4.79 Å². The van der Waals surface area contributed by atoms with Crippen LogP contribution in [0, 0.1) is 0 Å². The number of hydrogen-bond donors (Lipinski definition) is 1. The summed E-state index contributed by atoms with van der Waals surface area (Å²) in [6, 6.07) is 18.3. The van der Waals surface area contributed by atoms with Gasteiger partial charge in [0.2, 0.25) is 0 Å². The summed E-state index contributed by atoms with van der Waals surface area (Å²) in [7, 11) is 0. The molecule has 3 rings (SSSR count). The number of carbonyl (C=O) groups is 2. The van der Waals surface area contributed by atoms with Crippen molar-refractivity contribution in [2.24, 2.45) is 5.10 Å². The molecule has 194 valence electrons. The van der Waals surface area contributed by atoms with E-state index in [1.165, 1.54) is 6.21 Å². The number of carbonyl (C=O) groups excluding carboxylic acids is 2. The first-order valence-corrected chi connectivity index (χ1v) is 12.6. The van der Waals surface area contributed by atoms with Crippen LogP contribution in [-0.2, 0) is 4.79 Å². The molecule has 1 amide bonds. The third kappa shape index (κ3) is 8.81. The summed E-state index contributed by atoms with van der Waals surface area (Å²) in [6.45, 7) is 4.55. The first-order valence-electron chi connectivity index (χ1n) is 11.9. The monoisotopic (exact) mass is 542 g/mol. The zero-order valence-electron chi connectivity index (χ0n) is 20.6. The molecule has 3 aromatic rings. The van der Waals surface area contributed by atoms with Crippen molar-refractivity contribution in [3.8, 4) is 17.2 Å². The Morgan fingerprint density at radius 3 is 2.32 bits per heavy atom. The lowest BCUT2D eigenvalue weighted by atomic mass is 10.2. The van der Waals surface area contributed by atoms with Crippen molar-refractivity contribution in [2.75, 3.05) is 6.61 Å². The van der Waals surface area contributed by atoms with E-state index in [-0.39, 0.29) is 0 Å². The second-order valence-electron chi connectivity index (χ2n) is 8.01. The zero-order valence-corrected chi connectivity index (χ0v) is 22.1. The van der Waals surface area contributed by atoms with Crippen molar-refractivity contribution in [2.45, 2.75) is 39.2 Å².